The highest BCUT2D eigenvalue weighted by molar-refractivity contribution is 6.00. The van der Waals surface area contributed by atoms with E-state index in [9.17, 15) is 19.7 Å². The van der Waals surface area contributed by atoms with Crippen LogP contribution in [-0.4, -0.2) is 37.1 Å². The van der Waals surface area contributed by atoms with Crippen LogP contribution in [0.15, 0.2) is 42.5 Å². The number of amides is 1. The van der Waals surface area contributed by atoms with Crippen LogP contribution in [0.1, 0.15) is 36.0 Å². The van der Waals surface area contributed by atoms with Crippen molar-refractivity contribution in [2.45, 2.75) is 31.7 Å². The fourth-order valence-corrected chi connectivity index (χ4v) is 3.84. The van der Waals surface area contributed by atoms with Gasteiger partial charge in [-0.3, -0.25) is 14.9 Å². The zero-order chi connectivity index (χ0) is 21.7. The number of hydrogen-bond donors (Lipinski definition) is 1. The summed E-state index contributed by atoms with van der Waals surface area (Å²) in [7, 11) is 2.82. The highest BCUT2D eigenvalue weighted by Gasteiger charge is 2.34. The Morgan fingerprint density at radius 2 is 1.70 bits per heavy atom. The molecule has 1 fully saturated rings. The zero-order valence-corrected chi connectivity index (χ0v) is 16.9. The first kappa shape index (κ1) is 21.3. The molecule has 1 atom stereocenters. The van der Waals surface area contributed by atoms with Crippen LogP contribution in [0.2, 0.25) is 0 Å². The van der Waals surface area contributed by atoms with Gasteiger partial charge in [0.15, 0.2) is 0 Å². The molecule has 8 heteroatoms. The zero-order valence-electron chi connectivity index (χ0n) is 16.9. The van der Waals surface area contributed by atoms with Crippen molar-refractivity contribution in [2.75, 3.05) is 14.2 Å². The van der Waals surface area contributed by atoms with Crippen molar-refractivity contribution < 1.29 is 24.0 Å². The summed E-state index contributed by atoms with van der Waals surface area (Å²) < 4.78 is 9.96. The Bertz CT molecular complexity index is 935. The number of methoxy groups -OCH3 is 2. The maximum atomic E-state index is 12.8. The largest absolute Gasteiger partial charge is 0.497 e. The van der Waals surface area contributed by atoms with Crippen LogP contribution in [0.5, 0.6) is 5.75 Å². The standard InChI is InChI=1S/C22H24N2O6/c1-29-17-10-7-14(8-11-17)16-9-12-18(19(13-16)24(27)28)21(25)23-20(22(26)30-2)15-5-3-4-6-15/h7-13,15,20H,3-6H2,1-2H3,(H,23,25)/t20-/m0/s1. The molecule has 1 aliphatic rings. The Labute approximate surface area is 174 Å². The third kappa shape index (κ3) is 4.59. The minimum absolute atomic E-state index is 0.0287. The van der Waals surface area contributed by atoms with Gasteiger partial charge in [-0.25, -0.2) is 4.79 Å². The fraction of sp³-hybridized carbons (Fsp3) is 0.364. The maximum Gasteiger partial charge on any atom is 0.328 e. The van der Waals surface area contributed by atoms with Crippen molar-refractivity contribution in [2.24, 2.45) is 5.92 Å². The Morgan fingerprint density at radius 1 is 1.07 bits per heavy atom. The number of nitro benzene ring substituents is 1. The van der Waals surface area contributed by atoms with Gasteiger partial charge < -0.3 is 14.8 Å². The van der Waals surface area contributed by atoms with Crippen molar-refractivity contribution in [3.63, 3.8) is 0 Å². The van der Waals surface area contributed by atoms with Gasteiger partial charge in [0.05, 0.1) is 19.1 Å². The Morgan fingerprint density at radius 3 is 2.27 bits per heavy atom. The monoisotopic (exact) mass is 412 g/mol. The molecule has 1 amide bonds. The molecule has 2 aromatic carbocycles. The van der Waals surface area contributed by atoms with Gasteiger partial charge in [-0.1, -0.05) is 31.0 Å². The Balaban J connectivity index is 1.89. The molecule has 1 saturated carbocycles. The van der Waals surface area contributed by atoms with E-state index in [1.54, 1.807) is 37.4 Å². The summed E-state index contributed by atoms with van der Waals surface area (Å²) in [5.74, 6) is -0.554. The summed E-state index contributed by atoms with van der Waals surface area (Å²) in [6.07, 6.45) is 3.56. The summed E-state index contributed by atoms with van der Waals surface area (Å²) in [5.41, 5.74) is 0.936. The second kappa shape index (κ2) is 9.39. The molecular formula is C22H24N2O6. The highest BCUT2D eigenvalue weighted by Crippen LogP contribution is 2.31. The van der Waals surface area contributed by atoms with Crippen LogP contribution in [0.4, 0.5) is 5.69 Å². The van der Waals surface area contributed by atoms with Gasteiger partial charge in [0, 0.05) is 6.07 Å². The van der Waals surface area contributed by atoms with E-state index in [2.05, 4.69) is 5.32 Å². The van der Waals surface area contributed by atoms with Crippen molar-refractivity contribution in [3.8, 4) is 16.9 Å². The lowest BCUT2D eigenvalue weighted by Gasteiger charge is -2.22. The van der Waals surface area contributed by atoms with Crippen molar-refractivity contribution in [1.82, 2.24) is 5.32 Å². The first-order valence-corrected chi connectivity index (χ1v) is 9.76. The molecule has 0 bridgehead atoms. The number of esters is 1. The van der Waals surface area contributed by atoms with Crippen LogP contribution < -0.4 is 10.1 Å². The van der Waals surface area contributed by atoms with E-state index in [-0.39, 0.29) is 17.2 Å². The Hall–Kier alpha value is -3.42. The molecular weight excluding hydrogens is 388 g/mol. The summed E-state index contributed by atoms with van der Waals surface area (Å²) in [4.78, 5) is 36.1. The number of nitrogens with one attached hydrogen (secondary N) is 1. The topological polar surface area (TPSA) is 108 Å². The smallest absolute Gasteiger partial charge is 0.328 e. The van der Waals surface area contributed by atoms with Crippen LogP contribution in [0, 0.1) is 16.0 Å². The maximum absolute atomic E-state index is 12.8. The first-order valence-electron chi connectivity index (χ1n) is 9.76. The van der Waals surface area contributed by atoms with E-state index in [4.69, 9.17) is 9.47 Å². The summed E-state index contributed by atoms with van der Waals surface area (Å²) in [6, 6.07) is 10.7. The predicted molar refractivity (Wildman–Crippen MR) is 110 cm³/mol. The SMILES string of the molecule is COC(=O)[C@@H](NC(=O)c1ccc(-c2ccc(OC)cc2)cc1[N+](=O)[O-])C1CCCC1. The molecule has 0 spiro atoms. The molecule has 1 aliphatic carbocycles. The van der Waals surface area contributed by atoms with Crippen molar-refractivity contribution in [3.05, 3.63) is 58.1 Å². The van der Waals surface area contributed by atoms with Crippen LogP contribution in [-0.2, 0) is 9.53 Å². The quantitative estimate of drug-likeness (QED) is 0.422. The van der Waals surface area contributed by atoms with E-state index < -0.39 is 22.8 Å². The molecule has 3 rings (SSSR count). The summed E-state index contributed by atoms with van der Waals surface area (Å²) >= 11 is 0. The molecule has 0 aliphatic heterocycles. The molecule has 0 heterocycles. The summed E-state index contributed by atoms with van der Waals surface area (Å²) in [6.45, 7) is 0. The molecule has 0 unspecified atom stereocenters. The van der Waals surface area contributed by atoms with Gasteiger partial charge in [0.1, 0.15) is 17.4 Å². The first-order chi connectivity index (χ1) is 14.4. The van der Waals surface area contributed by atoms with Crippen LogP contribution >= 0.6 is 0 Å². The fourth-order valence-electron chi connectivity index (χ4n) is 3.84. The van der Waals surface area contributed by atoms with Crippen LogP contribution in [0.3, 0.4) is 0 Å². The number of nitro groups is 1. The number of nitrogens with zero attached hydrogens (tertiary/aromatic N) is 1. The second-order valence-corrected chi connectivity index (χ2v) is 7.24. The molecule has 0 radical (unpaired) electrons. The lowest BCUT2D eigenvalue weighted by molar-refractivity contribution is -0.385. The third-order valence-corrected chi connectivity index (χ3v) is 5.48. The summed E-state index contributed by atoms with van der Waals surface area (Å²) in [5, 5.41) is 14.3. The number of rotatable bonds is 7. The van der Waals surface area contributed by atoms with E-state index in [0.29, 0.717) is 11.3 Å². The Kier molecular flexibility index (Phi) is 6.66. The van der Waals surface area contributed by atoms with E-state index in [1.807, 2.05) is 0 Å². The van der Waals surface area contributed by atoms with E-state index in [1.165, 1.54) is 19.2 Å². The molecule has 30 heavy (non-hydrogen) atoms. The number of hydrogen-bond acceptors (Lipinski definition) is 6. The van der Waals surface area contributed by atoms with Gasteiger partial charge in [0.25, 0.3) is 11.6 Å². The highest BCUT2D eigenvalue weighted by atomic mass is 16.6. The number of ether oxygens (including phenoxy) is 2. The van der Waals surface area contributed by atoms with Crippen molar-refractivity contribution in [1.29, 1.82) is 0 Å². The minimum Gasteiger partial charge on any atom is -0.497 e. The average Bonchev–Trinajstić information content (AvgIpc) is 3.31. The van der Waals surface area contributed by atoms with Gasteiger partial charge in [-0.2, -0.15) is 0 Å². The normalized spacial score (nSPS) is 14.7. The second-order valence-electron chi connectivity index (χ2n) is 7.24. The van der Waals surface area contributed by atoms with Gasteiger partial charge >= 0.3 is 5.97 Å². The molecule has 158 valence electrons. The van der Waals surface area contributed by atoms with Gasteiger partial charge in [-0.15, -0.1) is 0 Å². The molecule has 0 aromatic heterocycles. The van der Waals surface area contributed by atoms with Gasteiger partial charge in [-0.05, 0) is 48.1 Å². The van der Waals surface area contributed by atoms with E-state index in [0.717, 1.165) is 31.2 Å². The lowest BCUT2D eigenvalue weighted by Crippen LogP contribution is -2.46. The average molecular weight is 412 g/mol. The van der Waals surface area contributed by atoms with E-state index >= 15 is 0 Å². The predicted octanol–water partition coefficient (Wildman–Crippen LogP) is 3.73. The molecule has 1 N–H and O–H groups in total. The lowest BCUT2D eigenvalue weighted by atomic mass is 9.97. The van der Waals surface area contributed by atoms with Crippen molar-refractivity contribution >= 4 is 17.6 Å². The molecule has 8 nitrogen and oxygen atoms in total. The number of benzene rings is 2. The van der Waals surface area contributed by atoms with Crippen LogP contribution in [0.25, 0.3) is 11.1 Å². The molecule has 0 saturated heterocycles. The van der Waals surface area contributed by atoms with Gasteiger partial charge in [0.2, 0.25) is 0 Å². The number of carbonyl (C=O) groups excluding carboxylic acids is 2. The third-order valence-electron chi connectivity index (χ3n) is 5.48. The number of carbonyl (C=O) groups is 2. The minimum atomic E-state index is -0.814. The molecule has 2 aromatic rings.